The van der Waals surface area contributed by atoms with Crippen LogP contribution < -0.4 is 10.3 Å². The fourth-order valence-electron chi connectivity index (χ4n) is 1.69. The van der Waals surface area contributed by atoms with Crippen LogP contribution in [0.1, 0.15) is 25.8 Å². The molecule has 0 saturated carbocycles. The molecule has 0 atom stereocenters. The Hall–Kier alpha value is -1.49. The van der Waals surface area contributed by atoms with E-state index in [2.05, 4.69) is 0 Å². The minimum Gasteiger partial charge on any atom is -0.494 e. The van der Waals surface area contributed by atoms with E-state index in [1.54, 1.807) is 20.1 Å². The van der Waals surface area contributed by atoms with Crippen molar-refractivity contribution < 1.29 is 14.6 Å². The zero-order valence-corrected chi connectivity index (χ0v) is 11.4. The topological polar surface area (TPSA) is 60.7 Å². The number of aromatic hydroxyl groups is 1. The van der Waals surface area contributed by atoms with E-state index >= 15 is 0 Å². The largest absolute Gasteiger partial charge is 0.494 e. The van der Waals surface area contributed by atoms with Crippen molar-refractivity contribution in [2.75, 3.05) is 13.7 Å². The Morgan fingerprint density at radius 3 is 2.67 bits per heavy atom. The Balaban J connectivity index is 3.06. The van der Waals surface area contributed by atoms with Crippen LogP contribution >= 0.6 is 0 Å². The molecule has 102 valence electrons. The molecule has 5 heteroatoms. The molecule has 0 bridgehead atoms. The quantitative estimate of drug-likeness (QED) is 0.786. The van der Waals surface area contributed by atoms with E-state index in [-0.39, 0.29) is 17.5 Å². The second-order valence-electron chi connectivity index (χ2n) is 4.48. The highest BCUT2D eigenvalue weighted by atomic mass is 16.5. The molecule has 0 amide bonds. The zero-order valence-electron chi connectivity index (χ0n) is 11.4. The van der Waals surface area contributed by atoms with E-state index in [0.717, 1.165) is 0 Å². The Bertz CT molecular complexity index is 451. The normalized spacial score (nSPS) is 10.9. The summed E-state index contributed by atoms with van der Waals surface area (Å²) in [7, 11) is 1.60. The molecular weight excluding hydrogens is 234 g/mol. The Labute approximate surface area is 107 Å². The van der Waals surface area contributed by atoms with Crippen LogP contribution in [0.15, 0.2) is 10.9 Å². The molecule has 0 aliphatic heterocycles. The van der Waals surface area contributed by atoms with Crippen molar-refractivity contribution in [1.82, 2.24) is 4.57 Å². The molecule has 1 rings (SSSR count). The van der Waals surface area contributed by atoms with Gasteiger partial charge in [-0.2, -0.15) is 0 Å². The number of pyridine rings is 1. The van der Waals surface area contributed by atoms with Crippen LogP contribution in [-0.2, 0) is 11.3 Å². The molecule has 0 fully saturated rings. The second-order valence-corrected chi connectivity index (χ2v) is 4.48. The van der Waals surface area contributed by atoms with Crippen LogP contribution in [-0.4, -0.2) is 29.5 Å². The van der Waals surface area contributed by atoms with Crippen molar-refractivity contribution in [2.24, 2.45) is 0 Å². The summed E-state index contributed by atoms with van der Waals surface area (Å²) in [6.07, 6.45) is 0.585. The zero-order chi connectivity index (χ0) is 13.7. The predicted molar refractivity (Wildman–Crippen MR) is 69.4 cm³/mol. The van der Waals surface area contributed by atoms with Crippen LogP contribution in [0.3, 0.4) is 0 Å². The molecular formula is C13H21NO4. The number of nitrogens with zero attached hydrogens (tertiary/aromatic N) is 1. The summed E-state index contributed by atoms with van der Waals surface area (Å²) >= 11 is 0. The Morgan fingerprint density at radius 2 is 2.11 bits per heavy atom. The van der Waals surface area contributed by atoms with Crippen molar-refractivity contribution in [3.8, 4) is 11.6 Å². The van der Waals surface area contributed by atoms with Gasteiger partial charge < -0.3 is 14.6 Å². The van der Waals surface area contributed by atoms with Gasteiger partial charge in [0.2, 0.25) is 0 Å². The standard InChI is InChI=1S/C13H21NO4/c1-9(2)18-12-10(3)8-11(15)14(13(12)16)6-5-7-17-4/h8-9,15H,5-7H2,1-4H3. The van der Waals surface area contributed by atoms with Crippen LogP contribution in [0, 0.1) is 6.92 Å². The minimum atomic E-state index is -0.294. The summed E-state index contributed by atoms with van der Waals surface area (Å²) in [6.45, 7) is 6.42. The maximum absolute atomic E-state index is 12.2. The van der Waals surface area contributed by atoms with E-state index in [4.69, 9.17) is 9.47 Å². The van der Waals surface area contributed by atoms with Gasteiger partial charge in [-0.3, -0.25) is 9.36 Å². The summed E-state index contributed by atoms with van der Waals surface area (Å²) < 4.78 is 11.7. The third kappa shape index (κ3) is 3.50. The van der Waals surface area contributed by atoms with Crippen LogP contribution in [0.25, 0.3) is 0 Å². The van der Waals surface area contributed by atoms with Gasteiger partial charge in [0.1, 0.15) is 0 Å². The first-order chi connectivity index (χ1) is 8.47. The van der Waals surface area contributed by atoms with Gasteiger partial charge in [-0.15, -0.1) is 0 Å². The molecule has 0 aliphatic rings. The van der Waals surface area contributed by atoms with E-state index < -0.39 is 0 Å². The maximum Gasteiger partial charge on any atom is 0.295 e. The van der Waals surface area contributed by atoms with Gasteiger partial charge in [0.25, 0.3) is 5.56 Å². The van der Waals surface area contributed by atoms with Gasteiger partial charge in [0, 0.05) is 31.9 Å². The fourth-order valence-corrected chi connectivity index (χ4v) is 1.69. The lowest BCUT2D eigenvalue weighted by atomic mass is 10.2. The lowest BCUT2D eigenvalue weighted by molar-refractivity contribution is 0.187. The molecule has 0 aromatic carbocycles. The fraction of sp³-hybridized carbons (Fsp3) is 0.615. The maximum atomic E-state index is 12.2. The van der Waals surface area contributed by atoms with E-state index in [0.29, 0.717) is 30.9 Å². The number of hydrogen-bond acceptors (Lipinski definition) is 4. The molecule has 1 heterocycles. The average molecular weight is 255 g/mol. The first-order valence-corrected chi connectivity index (χ1v) is 6.06. The Morgan fingerprint density at radius 1 is 1.44 bits per heavy atom. The van der Waals surface area contributed by atoms with E-state index in [9.17, 15) is 9.90 Å². The number of methoxy groups -OCH3 is 1. The van der Waals surface area contributed by atoms with Crippen molar-refractivity contribution in [3.05, 3.63) is 22.0 Å². The molecule has 0 unspecified atom stereocenters. The van der Waals surface area contributed by atoms with Crippen LogP contribution in [0.5, 0.6) is 11.6 Å². The summed E-state index contributed by atoms with van der Waals surface area (Å²) in [4.78, 5) is 12.2. The molecule has 1 aromatic rings. The number of hydrogen-bond donors (Lipinski definition) is 1. The molecule has 0 radical (unpaired) electrons. The van der Waals surface area contributed by atoms with Crippen LogP contribution in [0.2, 0.25) is 0 Å². The van der Waals surface area contributed by atoms with E-state index in [1.807, 2.05) is 13.8 Å². The molecule has 1 N–H and O–H groups in total. The highest BCUT2D eigenvalue weighted by Gasteiger charge is 2.14. The monoisotopic (exact) mass is 255 g/mol. The van der Waals surface area contributed by atoms with Gasteiger partial charge in [-0.25, -0.2) is 0 Å². The summed E-state index contributed by atoms with van der Waals surface area (Å²) in [5.41, 5.74) is 0.353. The molecule has 5 nitrogen and oxygen atoms in total. The number of ether oxygens (including phenoxy) is 2. The average Bonchev–Trinajstić information content (AvgIpc) is 2.28. The van der Waals surface area contributed by atoms with E-state index in [1.165, 1.54) is 4.57 Å². The van der Waals surface area contributed by atoms with Crippen LogP contribution in [0.4, 0.5) is 0 Å². The second kappa shape index (κ2) is 6.44. The van der Waals surface area contributed by atoms with Gasteiger partial charge in [-0.05, 0) is 27.2 Å². The summed E-state index contributed by atoms with van der Waals surface area (Å²) in [6, 6.07) is 1.55. The minimum absolute atomic E-state index is 0.0373. The highest BCUT2D eigenvalue weighted by molar-refractivity contribution is 5.34. The molecule has 1 aromatic heterocycles. The molecule has 0 aliphatic carbocycles. The number of aryl methyl sites for hydroxylation is 1. The first kappa shape index (κ1) is 14.6. The predicted octanol–water partition coefficient (Wildman–Crippen LogP) is 1.69. The van der Waals surface area contributed by atoms with Crippen molar-refractivity contribution in [1.29, 1.82) is 0 Å². The Kier molecular flexibility index (Phi) is 5.22. The molecule has 18 heavy (non-hydrogen) atoms. The summed E-state index contributed by atoms with van der Waals surface area (Å²) in [5.74, 6) is 0.268. The smallest absolute Gasteiger partial charge is 0.295 e. The first-order valence-electron chi connectivity index (χ1n) is 6.06. The number of aromatic nitrogens is 1. The van der Waals surface area contributed by atoms with Gasteiger partial charge in [0.15, 0.2) is 11.6 Å². The third-order valence-electron chi connectivity index (χ3n) is 2.50. The highest BCUT2D eigenvalue weighted by Crippen LogP contribution is 2.19. The van der Waals surface area contributed by atoms with Crippen molar-refractivity contribution >= 4 is 0 Å². The van der Waals surface area contributed by atoms with Gasteiger partial charge in [0.05, 0.1) is 6.10 Å². The lowest BCUT2D eigenvalue weighted by Gasteiger charge is -2.15. The lowest BCUT2D eigenvalue weighted by Crippen LogP contribution is -2.25. The third-order valence-corrected chi connectivity index (χ3v) is 2.50. The van der Waals surface area contributed by atoms with Gasteiger partial charge in [-0.1, -0.05) is 0 Å². The van der Waals surface area contributed by atoms with Crippen molar-refractivity contribution in [3.63, 3.8) is 0 Å². The van der Waals surface area contributed by atoms with Crippen molar-refractivity contribution in [2.45, 2.75) is 39.8 Å². The SMILES string of the molecule is COCCCn1c(O)cc(C)c(OC(C)C)c1=O. The summed E-state index contributed by atoms with van der Waals surface area (Å²) in [5, 5.41) is 9.80. The number of rotatable bonds is 6. The molecule has 0 saturated heterocycles. The molecule has 0 spiro atoms. The van der Waals surface area contributed by atoms with Gasteiger partial charge >= 0.3 is 0 Å².